The predicted molar refractivity (Wildman–Crippen MR) is 118 cm³/mol. The summed E-state index contributed by atoms with van der Waals surface area (Å²) in [5, 5.41) is 7.57. The largest absolute Gasteiger partial charge is 0.332 e. The first-order valence-corrected chi connectivity index (χ1v) is 9.83. The Labute approximate surface area is 173 Å². The van der Waals surface area contributed by atoms with Crippen LogP contribution in [-0.4, -0.2) is 10.9 Å². The van der Waals surface area contributed by atoms with E-state index in [1.54, 1.807) is 30.8 Å². The summed E-state index contributed by atoms with van der Waals surface area (Å²) in [5.41, 5.74) is 2.40. The first-order chi connectivity index (χ1) is 13.0. The average Bonchev–Trinajstić information content (AvgIpc) is 2.65. The molecule has 0 aromatic heterocycles. The van der Waals surface area contributed by atoms with Crippen LogP contribution in [0.3, 0.4) is 0 Å². The molecule has 0 radical (unpaired) electrons. The Morgan fingerprint density at radius 1 is 0.926 bits per heavy atom. The number of hydrogen-bond acceptors (Lipinski definition) is 3. The highest BCUT2D eigenvalue weighted by Gasteiger charge is 2.07. The third kappa shape index (κ3) is 5.57. The van der Waals surface area contributed by atoms with Gasteiger partial charge in [0.25, 0.3) is 0 Å². The van der Waals surface area contributed by atoms with Gasteiger partial charge < -0.3 is 10.6 Å². The zero-order valence-corrected chi connectivity index (χ0v) is 16.9. The van der Waals surface area contributed by atoms with Crippen molar-refractivity contribution < 1.29 is 4.79 Å². The second-order valence-corrected chi connectivity index (χ2v) is 7.72. The van der Waals surface area contributed by atoms with Gasteiger partial charge in [-0.3, -0.25) is 4.79 Å². The SMILES string of the molecule is CC(=O)c1ccc(NC(=S)Nc2ccccc2Sc2ccc(Cl)cc2)cc1. The Balaban J connectivity index is 1.68. The highest BCUT2D eigenvalue weighted by Crippen LogP contribution is 2.34. The molecule has 0 bridgehead atoms. The summed E-state index contributed by atoms with van der Waals surface area (Å²) in [6.45, 7) is 1.55. The first kappa shape index (κ1) is 19.4. The molecule has 3 rings (SSSR count). The molecule has 136 valence electrons. The van der Waals surface area contributed by atoms with E-state index in [2.05, 4.69) is 10.6 Å². The zero-order valence-electron chi connectivity index (χ0n) is 14.5. The van der Waals surface area contributed by atoms with Crippen LogP contribution in [0.2, 0.25) is 5.02 Å². The lowest BCUT2D eigenvalue weighted by atomic mass is 10.1. The van der Waals surface area contributed by atoms with E-state index in [9.17, 15) is 4.79 Å². The summed E-state index contributed by atoms with van der Waals surface area (Å²) in [6.07, 6.45) is 0. The van der Waals surface area contributed by atoms with Gasteiger partial charge in [-0.05, 0) is 79.8 Å². The van der Waals surface area contributed by atoms with Crippen molar-refractivity contribution in [3.05, 3.63) is 83.4 Å². The minimum Gasteiger partial charge on any atom is -0.332 e. The number of thiocarbonyl (C=S) groups is 1. The second-order valence-electron chi connectivity index (χ2n) is 5.76. The number of hydrogen-bond donors (Lipinski definition) is 2. The summed E-state index contributed by atoms with van der Waals surface area (Å²) in [5.74, 6) is 0.0374. The van der Waals surface area contributed by atoms with Crippen molar-refractivity contribution in [1.29, 1.82) is 0 Å². The Hall–Kier alpha value is -2.34. The molecule has 0 heterocycles. The maximum Gasteiger partial charge on any atom is 0.175 e. The van der Waals surface area contributed by atoms with E-state index in [1.807, 2.05) is 60.7 Å². The lowest BCUT2D eigenvalue weighted by Crippen LogP contribution is -2.19. The fourth-order valence-corrected chi connectivity index (χ4v) is 3.62. The zero-order chi connectivity index (χ0) is 19.2. The smallest absolute Gasteiger partial charge is 0.175 e. The highest BCUT2D eigenvalue weighted by molar-refractivity contribution is 7.99. The van der Waals surface area contributed by atoms with Gasteiger partial charge in [0.1, 0.15) is 0 Å². The molecule has 0 unspecified atom stereocenters. The molecule has 0 aliphatic carbocycles. The molecule has 0 amide bonds. The molecule has 3 nitrogen and oxygen atoms in total. The third-order valence-electron chi connectivity index (χ3n) is 3.73. The van der Waals surface area contributed by atoms with Gasteiger partial charge in [-0.15, -0.1) is 0 Å². The number of ketones is 1. The van der Waals surface area contributed by atoms with Crippen molar-refractivity contribution in [1.82, 2.24) is 0 Å². The van der Waals surface area contributed by atoms with Gasteiger partial charge in [-0.2, -0.15) is 0 Å². The Bertz CT molecular complexity index is 957. The van der Waals surface area contributed by atoms with Crippen molar-refractivity contribution in [2.45, 2.75) is 16.7 Å². The maximum absolute atomic E-state index is 11.4. The van der Waals surface area contributed by atoms with Gasteiger partial charge in [-0.25, -0.2) is 0 Å². The number of carbonyl (C=O) groups is 1. The number of halogens is 1. The molecule has 2 N–H and O–H groups in total. The molecule has 0 saturated carbocycles. The molecule has 0 saturated heterocycles. The van der Waals surface area contributed by atoms with E-state index in [1.165, 1.54) is 0 Å². The quantitative estimate of drug-likeness (QED) is 0.369. The highest BCUT2D eigenvalue weighted by atomic mass is 35.5. The van der Waals surface area contributed by atoms with Crippen LogP contribution in [0.25, 0.3) is 0 Å². The Kier molecular flexibility index (Phi) is 6.50. The normalized spacial score (nSPS) is 10.3. The lowest BCUT2D eigenvalue weighted by Gasteiger charge is -2.14. The average molecular weight is 413 g/mol. The van der Waals surface area contributed by atoms with Gasteiger partial charge in [0, 0.05) is 26.1 Å². The summed E-state index contributed by atoms with van der Waals surface area (Å²) in [4.78, 5) is 13.5. The molecule has 0 aliphatic rings. The first-order valence-electron chi connectivity index (χ1n) is 8.23. The molecule has 27 heavy (non-hydrogen) atoms. The van der Waals surface area contributed by atoms with Crippen LogP contribution in [0.1, 0.15) is 17.3 Å². The molecule has 0 aliphatic heterocycles. The van der Waals surface area contributed by atoms with Crippen molar-refractivity contribution >= 4 is 57.9 Å². The van der Waals surface area contributed by atoms with E-state index in [0.717, 1.165) is 21.2 Å². The topological polar surface area (TPSA) is 41.1 Å². The molecule has 6 heteroatoms. The van der Waals surface area contributed by atoms with E-state index >= 15 is 0 Å². The maximum atomic E-state index is 11.4. The van der Waals surface area contributed by atoms with Crippen LogP contribution in [0, 0.1) is 0 Å². The number of benzene rings is 3. The van der Waals surface area contributed by atoms with Gasteiger partial charge in [0.2, 0.25) is 0 Å². The molecule has 3 aromatic carbocycles. The summed E-state index contributed by atoms with van der Waals surface area (Å²) in [7, 11) is 0. The molecular weight excluding hydrogens is 396 g/mol. The molecular formula is C21H17ClN2OS2. The molecule has 0 spiro atoms. The van der Waals surface area contributed by atoms with Crippen LogP contribution in [0.5, 0.6) is 0 Å². The van der Waals surface area contributed by atoms with Crippen LogP contribution >= 0.6 is 35.6 Å². The van der Waals surface area contributed by atoms with Crippen LogP contribution in [-0.2, 0) is 0 Å². The van der Waals surface area contributed by atoms with Crippen molar-refractivity contribution in [3.63, 3.8) is 0 Å². The monoisotopic (exact) mass is 412 g/mol. The van der Waals surface area contributed by atoms with Crippen LogP contribution in [0.4, 0.5) is 11.4 Å². The number of anilines is 2. The molecule has 0 atom stereocenters. The van der Waals surface area contributed by atoms with Gasteiger partial charge in [0.15, 0.2) is 10.9 Å². The molecule has 0 fully saturated rings. The standard InChI is InChI=1S/C21H17ClN2OS2/c1-14(25)15-6-10-17(11-7-15)23-21(26)24-19-4-2-3-5-20(19)27-18-12-8-16(22)9-13-18/h2-13H,1H3,(H2,23,24,26). The van der Waals surface area contributed by atoms with Gasteiger partial charge in [-0.1, -0.05) is 35.5 Å². The van der Waals surface area contributed by atoms with Crippen molar-refractivity contribution in [3.8, 4) is 0 Å². The summed E-state index contributed by atoms with van der Waals surface area (Å²) in [6, 6.07) is 22.9. The van der Waals surface area contributed by atoms with Crippen LogP contribution < -0.4 is 10.6 Å². The number of Topliss-reactive ketones (excluding diaryl/α,β-unsaturated/α-hetero) is 1. The molecule has 3 aromatic rings. The fraction of sp³-hybridized carbons (Fsp3) is 0.0476. The van der Waals surface area contributed by atoms with Crippen molar-refractivity contribution in [2.75, 3.05) is 10.6 Å². The van der Waals surface area contributed by atoms with Crippen molar-refractivity contribution in [2.24, 2.45) is 0 Å². The van der Waals surface area contributed by atoms with E-state index < -0.39 is 0 Å². The fourth-order valence-electron chi connectivity index (χ4n) is 2.36. The Morgan fingerprint density at radius 3 is 2.26 bits per heavy atom. The van der Waals surface area contributed by atoms with E-state index in [0.29, 0.717) is 15.7 Å². The third-order valence-corrected chi connectivity index (χ3v) is 5.27. The lowest BCUT2D eigenvalue weighted by molar-refractivity contribution is 0.101. The van der Waals surface area contributed by atoms with E-state index in [4.69, 9.17) is 23.8 Å². The minimum atomic E-state index is 0.0374. The number of rotatable bonds is 5. The summed E-state index contributed by atoms with van der Waals surface area (Å²) < 4.78 is 0. The predicted octanol–water partition coefficient (Wildman–Crippen LogP) is 6.50. The van der Waals surface area contributed by atoms with Crippen LogP contribution in [0.15, 0.2) is 82.6 Å². The Morgan fingerprint density at radius 2 is 1.59 bits per heavy atom. The van der Waals surface area contributed by atoms with Gasteiger partial charge >= 0.3 is 0 Å². The number of carbonyl (C=O) groups excluding carboxylic acids is 1. The number of nitrogens with one attached hydrogen (secondary N) is 2. The second kappa shape index (κ2) is 9.04. The van der Waals surface area contributed by atoms with E-state index in [-0.39, 0.29) is 5.78 Å². The van der Waals surface area contributed by atoms with Gasteiger partial charge in [0.05, 0.1) is 5.69 Å². The number of para-hydroxylation sites is 1. The summed E-state index contributed by atoms with van der Waals surface area (Å²) >= 11 is 13.0. The minimum absolute atomic E-state index is 0.0374.